The number of ether oxygens (including phenoxy) is 1. The van der Waals surface area contributed by atoms with Gasteiger partial charge in [-0.2, -0.15) is 5.26 Å². The summed E-state index contributed by atoms with van der Waals surface area (Å²) in [5, 5.41) is 25.3. The van der Waals surface area contributed by atoms with Crippen molar-refractivity contribution in [3.05, 3.63) is 30.3 Å². The minimum Gasteiger partial charge on any atom is -0.481 e. The van der Waals surface area contributed by atoms with Crippen molar-refractivity contribution in [2.24, 2.45) is 28.6 Å². The third-order valence-corrected chi connectivity index (χ3v) is 7.45. The molecule has 0 bridgehead atoms. The minimum atomic E-state index is -1.34. The first-order chi connectivity index (χ1) is 19.0. The van der Waals surface area contributed by atoms with E-state index in [0.29, 0.717) is 5.69 Å². The number of imide groups is 1. The molecule has 0 aromatic heterocycles. The highest BCUT2D eigenvalue weighted by Gasteiger charge is 2.55. The van der Waals surface area contributed by atoms with Crippen LogP contribution in [0.3, 0.4) is 0 Å². The Hall–Kier alpha value is -3.94. The zero-order valence-corrected chi connectivity index (χ0v) is 24.9. The number of hydrogen-bond acceptors (Lipinski definition) is 7. The van der Waals surface area contributed by atoms with Gasteiger partial charge in [0.2, 0.25) is 11.8 Å². The number of benzene rings is 1. The van der Waals surface area contributed by atoms with Gasteiger partial charge in [0.1, 0.15) is 6.61 Å². The second-order valence-corrected chi connectivity index (χ2v) is 12.5. The molecule has 11 heteroatoms. The molecule has 0 aliphatic carbocycles. The molecule has 1 aromatic carbocycles. The molecule has 1 heterocycles. The highest BCUT2D eigenvalue weighted by molar-refractivity contribution is 6.22. The van der Waals surface area contributed by atoms with Gasteiger partial charge in [-0.3, -0.25) is 24.1 Å². The zero-order chi connectivity index (χ0) is 31.2. The van der Waals surface area contributed by atoms with Gasteiger partial charge in [-0.05, 0) is 72.9 Å². The van der Waals surface area contributed by atoms with Crippen LogP contribution in [0.1, 0.15) is 67.7 Å². The molecule has 1 aliphatic rings. The van der Waals surface area contributed by atoms with Crippen LogP contribution in [0.2, 0.25) is 0 Å². The predicted octanol–water partition coefficient (Wildman–Crippen LogP) is 3.88. The number of esters is 1. The van der Waals surface area contributed by atoms with Crippen LogP contribution < -0.4 is 15.5 Å². The lowest BCUT2D eigenvalue weighted by Gasteiger charge is -2.32. The molecule has 224 valence electrons. The number of nitrogens with one attached hydrogen (secondary N) is 2. The first-order valence-corrected chi connectivity index (χ1v) is 13.8. The number of aliphatic carboxylic acids is 1. The molecule has 41 heavy (non-hydrogen) atoms. The number of nitrogens with zero attached hydrogens (tertiary/aromatic N) is 2. The van der Waals surface area contributed by atoms with Crippen LogP contribution in [0.15, 0.2) is 30.3 Å². The molecule has 0 spiro atoms. The summed E-state index contributed by atoms with van der Waals surface area (Å²) in [4.78, 5) is 65.4. The Labute approximate surface area is 241 Å². The maximum Gasteiger partial charge on any atom is 0.315 e. The SMILES string of the molecule is CCC(C)(CC(C#N)C1C(=O)N(c2ccccc2)C(=O)C1CC(C)(C)C(=O)O)C(=O)OCCNC(=O)NC(C)(C)C. The Balaban J connectivity index is 2.27. The molecule has 0 saturated carbocycles. The van der Waals surface area contributed by atoms with E-state index in [1.807, 2.05) is 20.8 Å². The highest BCUT2D eigenvalue weighted by atomic mass is 16.5. The molecule has 1 aromatic rings. The first kappa shape index (κ1) is 33.3. The maximum atomic E-state index is 13.7. The lowest BCUT2D eigenvalue weighted by Crippen LogP contribution is -2.47. The van der Waals surface area contributed by atoms with Gasteiger partial charge in [-0.25, -0.2) is 4.79 Å². The molecule has 0 radical (unpaired) electrons. The van der Waals surface area contributed by atoms with Gasteiger partial charge in [0.05, 0.1) is 46.9 Å². The van der Waals surface area contributed by atoms with Gasteiger partial charge in [-0.1, -0.05) is 25.1 Å². The number of anilines is 1. The normalized spacial score (nSPS) is 19.6. The molecule has 1 fully saturated rings. The Morgan fingerprint density at radius 1 is 1.07 bits per heavy atom. The summed E-state index contributed by atoms with van der Waals surface area (Å²) < 4.78 is 5.43. The van der Waals surface area contributed by atoms with Gasteiger partial charge in [-0.15, -0.1) is 0 Å². The van der Waals surface area contributed by atoms with Gasteiger partial charge in [0.25, 0.3) is 0 Å². The van der Waals surface area contributed by atoms with Crippen LogP contribution in [0.25, 0.3) is 0 Å². The number of amides is 4. The molecule has 1 saturated heterocycles. The molecule has 2 rings (SSSR count). The molecule has 4 atom stereocenters. The van der Waals surface area contributed by atoms with E-state index in [4.69, 9.17) is 4.74 Å². The van der Waals surface area contributed by atoms with E-state index >= 15 is 0 Å². The molecule has 3 N–H and O–H groups in total. The number of carbonyl (C=O) groups excluding carboxylic acids is 4. The molecule has 4 unspecified atom stereocenters. The van der Waals surface area contributed by atoms with Crippen molar-refractivity contribution in [2.75, 3.05) is 18.1 Å². The third-order valence-electron chi connectivity index (χ3n) is 7.45. The van der Waals surface area contributed by atoms with Crippen molar-refractivity contribution in [1.29, 1.82) is 5.26 Å². The zero-order valence-electron chi connectivity index (χ0n) is 24.9. The van der Waals surface area contributed by atoms with Gasteiger partial charge < -0.3 is 20.5 Å². The number of nitriles is 1. The summed E-state index contributed by atoms with van der Waals surface area (Å²) in [6.45, 7) is 11.8. The van der Waals surface area contributed by atoms with Crippen LogP contribution >= 0.6 is 0 Å². The fraction of sp³-hybridized carbons (Fsp3) is 0.600. The summed E-state index contributed by atoms with van der Waals surface area (Å²) >= 11 is 0. The van der Waals surface area contributed by atoms with Crippen LogP contribution in [-0.2, 0) is 23.9 Å². The second kappa shape index (κ2) is 13.1. The number of carboxylic acids is 1. The van der Waals surface area contributed by atoms with E-state index in [2.05, 4.69) is 16.7 Å². The van der Waals surface area contributed by atoms with E-state index < -0.39 is 63.9 Å². The third kappa shape index (κ3) is 8.28. The van der Waals surface area contributed by atoms with Gasteiger partial charge in [0.15, 0.2) is 0 Å². The van der Waals surface area contributed by atoms with Crippen molar-refractivity contribution < 1.29 is 33.8 Å². The van der Waals surface area contributed by atoms with Crippen LogP contribution in [0.4, 0.5) is 10.5 Å². The summed E-state index contributed by atoms with van der Waals surface area (Å²) in [6.07, 6.45) is 0.0479. The number of hydrogen-bond donors (Lipinski definition) is 3. The largest absolute Gasteiger partial charge is 0.481 e. The molecule has 4 amide bonds. The van der Waals surface area contributed by atoms with Crippen molar-refractivity contribution in [3.63, 3.8) is 0 Å². The molecule has 11 nitrogen and oxygen atoms in total. The van der Waals surface area contributed by atoms with Crippen LogP contribution in [0, 0.1) is 39.9 Å². The van der Waals surface area contributed by atoms with Crippen LogP contribution in [-0.4, -0.2) is 53.6 Å². The Kier molecular flexibility index (Phi) is 10.7. The predicted molar refractivity (Wildman–Crippen MR) is 151 cm³/mol. The Bertz CT molecular complexity index is 1190. The number of para-hydroxylation sites is 1. The molecular formula is C30H42N4O7. The molecular weight excluding hydrogens is 528 g/mol. The smallest absolute Gasteiger partial charge is 0.315 e. The quantitative estimate of drug-likeness (QED) is 0.193. The van der Waals surface area contributed by atoms with Gasteiger partial charge in [0, 0.05) is 5.54 Å². The standard InChI is InChI=1S/C30H42N4O7/c1-8-30(7,26(39)41-15-14-32-27(40)33-28(2,3)4)16-19(18-31)22-21(17-29(5,6)25(37)38)23(35)34(24(22)36)20-12-10-9-11-13-20/h9-13,19,21-22H,8,14-17H2,1-7H3,(H,37,38)(H2,32,33,40). The molecule has 1 aliphatic heterocycles. The van der Waals surface area contributed by atoms with Crippen LogP contribution in [0.5, 0.6) is 0 Å². The summed E-state index contributed by atoms with van der Waals surface area (Å²) in [5.74, 6) is -6.18. The minimum absolute atomic E-state index is 0.0725. The summed E-state index contributed by atoms with van der Waals surface area (Å²) in [5.41, 5.74) is -2.61. The average Bonchev–Trinajstić information content (AvgIpc) is 3.12. The van der Waals surface area contributed by atoms with E-state index in [0.717, 1.165) is 4.90 Å². The number of rotatable bonds is 12. The van der Waals surface area contributed by atoms with E-state index in [1.54, 1.807) is 44.2 Å². The Morgan fingerprint density at radius 3 is 2.20 bits per heavy atom. The van der Waals surface area contributed by atoms with Gasteiger partial charge >= 0.3 is 18.0 Å². The van der Waals surface area contributed by atoms with Crippen molar-refractivity contribution in [3.8, 4) is 6.07 Å². The summed E-state index contributed by atoms with van der Waals surface area (Å²) in [7, 11) is 0. The maximum absolute atomic E-state index is 13.7. The fourth-order valence-corrected chi connectivity index (χ4v) is 4.86. The topological polar surface area (TPSA) is 166 Å². The number of urea groups is 1. The van der Waals surface area contributed by atoms with Crippen molar-refractivity contribution >= 4 is 35.5 Å². The van der Waals surface area contributed by atoms with E-state index in [9.17, 15) is 34.3 Å². The fourth-order valence-electron chi connectivity index (χ4n) is 4.86. The van der Waals surface area contributed by atoms with E-state index in [1.165, 1.54) is 13.8 Å². The second-order valence-electron chi connectivity index (χ2n) is 12.5. The van der Waals surface area contributed by atoms with Crippen molar-refractivity contribution in [2.45, 2.75) is 73.3 Å². The number of carbonyl (C=O) groups is 5. The Morgan fingerprint density at radius 2 is 1.68 bits per heavy atom. The van der Waals surface area contributed by atoms with E-state index in [-0.39, 0.29) is 32.4 Å². The lowest BCUT2D eigenvalue weighted by molar-refractivity contribution is -0.156. The highest BCUT2D eigenvalue weighted by Crippen LogP contribution is 2.45. The average molecular weight is 571 g/mol. The first-order valence-electron chi connectivity index (χ1n) is 13.8. The lowest BCUT2D eigenvalue weighted by atomic mass is 9.69. The number of carboxylic acid groups (broad SMARTS) is 1. The summed E-state index contributed by atoms with van der Waals surface area (Å²) in [6, 6.07) is 10.0. The monoisotopic (exact) mass is 570 g/mol. The van der Waals surface area contributed by atoms with Crippen molar-refractivity contribution in [1.82, 2.24) is 10.6 Å².